The topological polar surface area (TPSA) is 71.8 Å². The van der Waals surface area contributed by atoms with E-state index in [1.807, 2.05) is 24.3 Å². The molecule has 0 spiro atoms. The molecule has 0 unspecified atom stereocenters. The summed E-state index contributed by atoms with van der Waals surface area (Å²) in [6, 6.07) is 7.75. The highest BCUT2D eigenvalue weighted by molar-refractivity contribution is 5.95. The average molecular weight is 344 g/mol. The van der Waals surface area contributed by atoms with Crippen LogP contribution in [0, 0.1) is 0 Å². The summed E-state index contributed by atoms with van der Waals surface area (Å²) in [7, 11) is 0. The Kier molecular flexibility index (Phi) is 7.31. The first-order chi connectivity index (χ1) is 9.81. The number of halogens is 2. The van der Waals surface area contributed by atoms with E-state index < -0.39 is 0 Å². The fourth-order valence-corrected chi connectivity index (χ4v) is 2.33. The van der Waals surface area contributed by atoms with Gasteiger partial charge in [0.1, 0.15) is 12.7 Å². The van der Waals surface area contributed by atoms with Crippen molar-refractivity contribution >= 4 is 36.4 Å². The summed E-state index contributed by atoms with van der Waals surface area (Å²) in [5.41, 5.74) is 1.94. The lowest BCUT2D eigenvalue weighted by molar-refractivity contribution is -0.117. The van der Waals surface area contributed by atoms with Gasteiger partial charge in [0, 0.05) is 5.69 Å². The van der Waals surface area contributed by atoms with Crippen LogP contribution < -0.4 is 10.6 Å². The second-order valence-corrected chi connectivity index (χ2v) is 4.93. The number of carbonyl (C=O) groups is 1. The average Bonchev–Trinajstić information content (AvgIpc) is 3.13. The van der Waals surface area contributed by atoms with E-state index >= 15 is 0 Å². The Morgan fingerprint density at radius 3 is 2.68 bits per heavy atom. The molecule has 1 aromatic carbocycles. The van der Waals surface area contributed by atoms with Crippen LogP contribution in [0.5, 0.6) is 0 Å². The van der Waals surface area contributed by atoms with Crippen molar-refractivity contribution in [1.29, 1.82) is 0 Å². The van der Waals surface area contributed by atoms with Crippen molar-refractivity contribution in [3.05, 3.63) is 42.5 Å². The van der Waals surface area contributed by atoms with Crippen molar-refractivity contribution in [2.45, 2.75) is 25.4 Å². The number of hydrogen-bond acceptors (Lipinski definition) is 4. The number of amides is 1. The third-order valence-electron chi connectivity index (χ3n) is 3.41. The van der Waals surface area contributed by atoms with Crippen LogP contribution in [0.1, 0.15) is 18.4 Å². The molecule has 2 N–H and O–H groups in total. The molecule has 3 rings (SSSR count). The van der Waals surface area contributed by atoms with E-state index in [0.29, 0.717) is 6.54 Å². The first-order valence-electron chi connectivity index (χ1n) is 6.77. The van der Waals surface area contributed by atoms with Crippen molar-refractivity contribution in [2.24, 2.45) is 0 Å². The highest BCUT2D eigenvalue weighted by atomic mass is 35.5. The van der Waals surface area contributed by atoms with Crippen LogP contribution in [0.3, 0.4) is 0 Å². The maximum Gasteiger partial charge on any atom is 0.241 e. The van der Waals surface area contributed by atoms with E-state index in [9.17, 15) is 4.79 Å². The van der Waals surface area contributed by atoms with E-state index in [-0.39, 0.29) is 36.8 Å². The Morgan fingerprint density at radius 2 is 2.09 bits per heavy atom. The maximum absolute atomic E-state index is 12.0. The predicted octanol–water partition coefficient (Wildman–Crippen LogP) is 1.86. The first-order valence-corrected chi connectivity index (χ1v) is 6.77. The molecule has 0 bridgehead atoms. The van der Waals surface area contributed by atoms with Crippen LogP contribution in [0.15, 0.2) is 36.9 Å². The van der Waals surface area contributed by atoms with Gasteiger partial charge in [0.05, 0.1) is 12.6 Å². The van der Waals surface area contributed by atoms with Gasteiger partial charge in [-0.05, 0) is 37.1 Å². The molecular weight excluding hydrogens is 325 g/mol. The molecule has 1 aliphatic rings. The van der Waals surface area contributed by atoms with Gasteiger partial charge in [-0.15, -0.1) is 24.8 Å². The number of aromatic nitrogens is 3. The van der Waals surface area contributed by atoms with Gasteiger partial charge in [-0.2, -0.15) is 5.10 Å². The fraction of sp³-hybridized carbons (Fsp3) is 0.357. The highest BCUT2D eigenvalue weighted by Crippen LogP contribution is 2.13. The predicted molar refractivity (Wildman–Crippen MR) is 89.7 cm³/mol. The molecule has 1 atom stereocenters. The van der Waals surface area contributed by atoms with Gasteiger partial charge in [-0.25, -0.2) is 9.67 Å². The van der Waals surface area contributed by atoms with Crippen molar-refractivity contribution in [3.8, 4) is 0 Å². The van der Waals surface area contributed by atoms with Gasteiger partial charge in [0.25, 0.3) is 0 Å². The number of carbonyl (C=O) groups excluding carboxylic acids is 1. The number of nitrogens with one attached hydrogen (secondary N) is 2. The molecule has 0 aliphatic carbocycles. The summed E-state index contributed by atoms with van der Waals surface area (Å²) in [5, 5.41) is 10.2. The molecule has 1 aliphatic heterocycles. The molecule has 22 heavy (non-hydrogen) atoms. The van der Waals surface area contributed by atoms with Crippen LogP contribution >= 0.6 is 24.8 Å². The molecule has 0 radical (unpaired) electrons. The lowest BCUT2D eigenvalue weighted by Gasteiger charge is -2.11. The van der Waals surface area contributed by atoms with Gasteiger partial charge in [0.15, 0.2) is 0 Å². The van der Waals surface area contributed by atoms with Crippen LogP contribution in [-0.4, -0.2) is 33.3 Å². The van der Waals surface area contributed by atoms with Crippen molar-refractivity contribution in [3.63, 3.8) is 0 Å². The van der Waals surface area contributed by atoms with Crippen LogP contribution in [0.4, 0.5) is 5.69 Å². The van der Waals surface area contributed by atoms with Crippen molar-refractivity contribution in [2.75, 3.05) is 11.9 Å². The van der Waals surface area contributed by atoms with Crippen LogP contribution in [-0.2, 0) is 11.3 Å². The Labute approximate surface area is 141 Å². The third-order valence-corrected chi connectivity index (χ3v) is 3.41. The summed E-state index contributed by atoms with van der Waals surface area (Å²) in [5.74, 6) is 0.0477. The summed E-state index contributed by atoms with van der Waals surface area (Å²) < 4.78 is 1.76. The van der Waals surface area contributed by atoms with E-state index in [1.54, 1.807) is 11.0 Å². The molecule has 1 fully saturated rings. The molecule has 1 saturated heterocycles. The largest absolute Gasteiger partial charge is 0.325 e. The van der Waals surface area contributed by atoms with Gasteiger partial charge in [0.2, 0.25) is 5.91 Å². The highest BCUT2D eigenvalue weighted by Gasteiger charge is 2.21. The number of rotatable bonds is 4. The number of hydrogen-bond donors (Lipinski definition) is 2. The smallest absolute Gasteiger partial charge is 0.241 e. The molecule has 0 saturated carbocycles. The molecule has 2 aromatic rings. The normalized spacial score (nSPS) is 16.5. The Bertz CT molecular complexity index is 567. The van der Waals surface area contributed by atoms with Gasteiger partial charge >= 0.3 is 0 Å². The Hall–Kier alpha value is -1.63. The lowest BCUT2D eigenvalue weighted by atomic mass is 10.2. The summed E-state index contributed by atoms with van der Waals surface area (Å²) in [4.78, 5) is 15.9. The summed E-state index contributed by atoms with van der Waals surface area (Å²) >= 11 is 0. The quantitative estimate of drug-likeness (QED) is 0.888. The minimum atomic E-state index is -0.0511. The second-order valence-electron chi connectivity index (χ2n) is 4.93. The van der Waals surface area contributed by atoms with Crippen molar-refractivity contribution in [1.82, 2.24) is 20.1 Å². The van der Waals surface area contributed by atoms with Crippen LogP contribution in [0.2, 0.25) is 0 Å². The maximum atomic E-state index is 12.0. The number of nitrogens with zero attached hydrogens (tertiary/aromatic N) is 3. The minimum Gasteiger partial charge on any atom is -0.325 e. The Balaban J connectivity index is 0.00000121. The molecule has 8 heteroatoms. The molecule has 120 valence electrons. The molecular formula is C14H19Cl2N5O. The zero-order chi connectivity index (χ0) is 13.8. The SMILES string of the molecule is Cl.Cl.O=C(Nc1ccc(Cn2cncn2)cc1)[C@@H]1CCCN1. The van der Waals surface area contributed by atoms with E-state index in [0.717, 1.165) is 30.6 Å². The lowest BCUT2D eigenvalue weighted by Crippen LogP contribution is -2.35. The standard InChI is InChI=1S/C14H17N5O.2ClH/c20-14(13-2-1-7-16-13)18-12-5-3-11(4-6-12)8-19-10-15-9-17-19;;/h3-6,9-10,13,16H,1-2,7-8H2,(H,18,20);2*1H/t13-;;/m0../s1. The number of benzene rings is 1. The third kappa shape index (κ3) is 4.69. The molecule has 2 heterocycles. The molecule has 1 aromatic heterocycles. The van der Waals surface area contributed by atoms with E-state index in [2.05, 4.69) is 20.7 Å². The van der Waals surface area contributed by atoms with E-state index in [1.165, 1.54) is 6.33 Å². The first kappa shape index (κ1) is 18.4. The van der Waals surface area contributed by atoms with E-state index in [4.69, 9.17) is 0 Å². The number of anilines is 1. The summed E-state index contributed by atoms with van der Waals surface area (Å²) in [6.07, 6.45) is 5.18. The zero-order valence-electron chi connectivity index (χ0n) is 11.9. The van der Waals surface area contributed by atoms with Gasteiger partial charge in [-0.1, -0.05) is 12.1 Å². The minimum absolute atomic E-state index is 0. The Morgan fingerprint density at radius 1 is 1.32 bits per heavy atom. The molecule has 1 amide bonds. The van der Waals surface area contributed by atoms with Gasteiger partial charge < -0.3 is 10.6 Å². The molecule has 6 nitrogen and oxygen atoms in total. The second kappa shape index (κ2) is 8.73. The zero-order valence-corrected chi connectivity index (χ0v) is 13.6. The monoisotopic (exact) mass is 343 g/mol. The van der Waals surface area contributed by atoms with Crippen LogP contribution in [0.25, 0.3) is 0 Å². The van der Waals surface area contributed by atoms with Gasteiger partial charge in [-0.3, -0.25) is 4.79 Å². The van der Waals surface area contributed by atoms with Crippen molar-refractivity contribution < 1.29 is 4.79 Å². The fourth-order valence-electron chi connectivity index (χ4n) is 2.33. The summed E-state index contributed by atoms with van der Waals surface area (Å²) in [6.45, 7) is 1.60.